The lowest BCUT2D eigenvalue weighted by molar-refractivity contribution is -0.121. The van der Waals surface area contributed by atoms with Crippen molar-refractivity contribution in [1.82, 2.24) is 10.2 Å². The van der Waals surface area contributed by atoms with Crippen LogP contribution in [-0.4, -0.2) is 41.1 Å². The van der Waals surface area contributed by atoms with Crippen LogP contribution in [0.1, 0.15) is 25.3 Å². The van der Waals surface area contributed by atoms with Crippen LogP contribution in [0.25, 0.3) is 0 Å². The summed E-state index contributed by atoms with van der Waals surface area (Å²) in [7, 11) is 0. The number of aliphatic hydroxyl groups excluding tert-OH is 1. The number of aliphatic imine (C=N–C) groups is 1. The highest BCUT2D eigenvalue weighted by molar-refractivity contribution is 6.07. The Morgan fingerprint density at radius 1 is 1.52 bits per heavy atom. The highest BCUT2D eigenvalue weighted by atomic mass is 16.5. The summed E-state index contributed by atoms with van der Waals surface area (Å²) >= 11 is 0. The molecule has 1 aromatic rings. The number of ether oxygens (including phenoxy) is 1. The highest BCUT2D eigenvalue weighted by Crippen LogP contribution is 2.32. The first-order valence-corrected chi connectivity index (χ1v) is 7.25. The molecule has 0 saturated carbocycles. The Morgan fingerprint density at radius 3 is 3.14 bits per heavy atom. The van der Waals surface area contributed by atoms with Crippen LogP contribution in [-0.2, 0) is 11.3 Å². The average molecular weight is 289 g/mol. The molecule has 0 radical (unpaired) electrons. The van der Waals surface area contributed by atoms with Crippen molar-refractivity contribution in [2.75, 3.05) is 13.2 Å². The maximum atomic E-state index is 11.9. The number of guanidine groups is 1. The SMILES string of the molecule is CCC1C(=O)NC2=Nc3ccc(OCCCO)cc3CN21. The number of nitrogens with one attached hydrogen (secondary N) is 1. The van der Waals surface area contributed by atoms with Crippen LogP contribution in [0.5, 0.6) is 5.75 Å². The summed E-state index contributed by atoms with van der Waals surface area (Å²) in [4.78, 5) is 18.4. The molecule has 1 aromatic carbocycles. The Hall–Kier alpha value is -2.08. The zero-order valence-electron chi connectivity index (χ0n) is 12.0. The number of carbonyl (C=O) groups is 1. The van der Waals surface area contributed by atoms with E-state index >= 15 is 0 Å². The quantitative estimate of drug-likeness (QED) is 0.798. The van der Waals surface area contributed by atoms with Gasteiger partial charge in [-0.1, -0.05) is 6.92 Å². The Kier molecular flexibility index (Phi) is 3.79. The minimum absolute atomic E-state index is 0.0171. The summed E-state index contributed by atoms with van der Waals surface area (Å²) < 4.78 is 5.59. The molecule has 2 heterocycles. The molecule has 1 amide bonds. The lowest BCUT2D eigenvalue weighted by atomic mass is 10.1. The maximum Gasteiger partial charge on any atom is 0.249 e. The van der Waals surface area contributed by atoms with E-state index in [-0.39, 0.29) is 18.6 Å². The molecule has 0 spiro atoms. The van der Waals surface area contributed by atoms with Gasteiger partial charge >= 0.3 is 0 Å². The fraction of sp³-hybridized carbons (Fsp3) is 0.467. The van der Waals surface area contributed by atoms with Crippen LogP contribution in [0.4, 0.5) is 5.69 Å². The second kappa shape index (κ2) is 5.73. The molecule has 6 heteroatoms. The van der Waals surface area contributed by atoms with Crippen LogP contribution in [0.3, 0.4) is 0 Å². The third-order valence-corrected chi connectivity index (χ3v) is 3.76. The molecule has 1 fully saturated rings. The number of rotatable bonds is 5. The number of hydrogen-bond donors (Lipinski definition) is 2. The molecule has 3 rings (SSSR count). The van der Waals surface area contributed by atoms with Crippen molar-refractivity contribution in [2.24, 2.45) is 4.99 Å². The van der Waals surface area contributed by atoms with Crippen molar-refractivity contribution in [3.8, 4) is 5.75 Å². The van der Waals surface area contributed by atoms with Gasteiger partial charge in [0.2, 0.25) is 11.9 Å². The van der Waals surface area contributed by atoms with E-state index in [4.69, 9.17) is 9.84 Å². The number of hydrogen-bond acceptors (Lipinski definition) is 5. The number of aliphatic hydroxyl groups is 1. The van der Waals surface area contributed by atoms with Crippen LogP contribution in [0.15, 0.2) is 23.2 Å². The van der Waals surface area contributed by atoms with Crippen LogP contribution >= 0.6 is 0 Å². The molecule has 112 valence electrons. The average Bonchev–Trinajstić information content (AvgIpc) is 2.79. The van der Waals surface area contributed by atoms with Crippen molar-refractivity contribution in [3.63, 3.8) is 0 Å². The highest BCUT2D eigenvalue weighted by Gasteiger charge is 2.37. The lowest BCUT2D eigenvalue weighted by Gasteiger charge is -2.27. The molecule has 2 aliphatic heterocycles. The van der Waals surface area contributed by atoms with Gasteiger partial charge in [-0.05, 0) is 24.6 Å². The van der Waals surface area contributed by atoms with E-state index in [0.717, 1.165) is 23.4 Å². The van der Waals surface area contributed by atoms with Gasteiger partial charge in [0.15, 0.2) is 0 Å². The van der Waals surface area contributed by atoms with E-state index in [9.17, 15) is 4.79 Å². The van der Waals surface area contributed by atoms with Gasteiger partial charge in [-0.3, -0.25) is 10.1 Å². The molecular weight excluding hydrogens is 270 g/mol. The fourth-order valence-electron chi connectivity index (χ4n) is 2.68. The summed E-state index contributed by atoms with van der Waals surface area (Å²) in [6.07, 6.45) is 1.37. The van der Waals surface area contributed by atoms with Gasteiger partial charge in [-0.15, -0.1) is 0 Å². The van der Waals surface area contributed by atoms with Crippen molar-refractivity contribution >= 4 is 17.6 Å². The number of carbonyl (C=O) groups excluding carboxylic acids is 1. The summed E-state index contributed by atoms with van der Waals surface area (Å²) in [5.41, 5.74) is 1.92. The molecule has 21 heavy (non-hydrogen) atoms. The molecule has 0 aromatic heterocycles. The monoisotopic (exact) mass is 289 g/mol. The Morgan fingerprint density at radius 2 is 2.38 bits per heavy atom. The zero-order valence-corrected chi connectivity index (χ0v) is 12.0. The smallest absolute Gasteiger partial charge is 0.249 e. The lowest BCUT2D eigenvalue weighted by Crippen LogP contribution is -2.36. The summed E-state index contributed by atoms with van der Waals surface area (Å²) in [6, 6.07) is 5.59. The minimum Gasteiger partial charge on any atom is -0.493 e. The maximum absolute atomic E-state index is 11.9. The van der Waals surface area contributed by atoms with Crippen molar-refractivity contribution in [3.05, 3.63) is 23.8 Å². The molecule has 2 N–H and O–H groups in total. The van der Waals surface area contributed by atoms with Gasteiger partial charge in [0.1, 0.15) is 11.8 Å². The molecular formula is C15H19N3O3. The first-order valence-electron chi connectivity index (χ1n) is 7.25. The topological polar surface area (TPSA) is 74.2 Å². The number of fused-ring (bicyclic) bond motifs is 2. The molecule has 2 aliphatic rings. The number of benzene rings is 1. The predicted octanol–water partition coefficient (Wildman–Crippen LogP) is 1.16. The summed E-state index contributed by atoms with van der Waals surface area (Å²) in [6.45, 7) is 3.27. The molecule has 0 bridgehead atoms. The van der Waals surface area contributed by atoms with E-state index in [0.29, 0.717) is 25.5 Å². The zero-order chi connectivity index (χ0) is 14.8. The Labute approximate surface area is 123 Å². The second-order valence-corrected chi connectivity index (χ2v) is 5.19. The van der Waals surface area contributed by atoms with Crippen LogP contribution < -0.4 is 10.1 Å². The van der Waals surface area contributed by atoms with Gasteiger partial charge in [0.05, 0.1) is 12.3 Å². The molecule has 1 atom stereocenters. The minimum atomic E-state index is -0.143. The number of amides is 1. The third kappa shape index (κ3) is 2.58. The molecule has 0 aliphatic carbocycles. The van der Waals surface area contributed by atoms with Gasteiger partial charge in [0, 0.05) is 25.1 Å². The standard InChI is InChI=1S/C15H19N3O3/c1-2-13-14(20)17-15-16-12-5-4-11(21-7-3-6-19)8-10(12)9-18(13)15/h4-5,8,13,19H,2-3,6-7,9H2,1H3,(H,16,17,20). The number of nitrogens with zero attached hydrogens (tertiary/aromatic N) is 2. The van der Waals surface area contributed by atoms with Crippen molar-refractivity contribution in [1.29, 1.82) is 0 Å². The van der Waals surface area contributed by atoms with E-state index in [2.05, 4.69) is 10.3 Å². The van der Waals surface area contributed by atoms with Crippen molar-refractivity contribution < 1.29 is 14.6 Å². The molecule has 6 nitrogen and oxygen atoms in total. The van der Waals surface area contributed by atoms with E-state index in [1.165, 1.54) is 0 Å². The van der Waals surface area contributed by atoms with Crippen LogP contribution in [0.2, 0.25) is 0 Å². The summed E-state index contributed by atoms with van der Waals surface area (Å²) in [5.74, 6) is 1.43. The van der Waals surface area contributed by atoms with E-state index in [1.807, 2.05) is 30.0 Å². The van der Waals surface area contributed by atoms with Crippen LogP contribution in [0, 0.1) is 0 Å². The third-order valence-electron chi connectivity index (χ3n) is 3.76. The van der Waals surface area contributed by atoms with Gasteiger partial charge in [0.25, 0.3) is 0 Å². The van der Waals surface area contributed by atoms with E-state index < -0.39 is 0 Å². The second-order valence-electron chi connectivity index (χ2n) is 5.19. The molecule has 1 unspecified atom stereocenters. The Balaban J connectivity index is 1.81. The fourth-order valence-corrected chi connectivity index (χ4v) is 2.68. The summed E-state index contributed by atoms with van der Waals surface area (Å²) in [5, 5.41) is 11.6. The Bertz CT molecular complexity index is 586. The first kappa shape index (κ1) is 13.9. The van der Waals surface area contributed by atoms with Gasteiger partial charge in [-0.2, -0.15) is 0 Å². The normalized spacial score (nSPS) is 19.7. The first-order chi connectivity index (χ1) is 10.2. The van der Waals surface area contributed by atoms with Crippen molar-refractivity contribution in [2.45, 2.75) is 32.4 Å². The molecule has 1 saturated heterocycles. The van der Waals surface area contributed by atoms with E-state index in [1.54, 1.807) is 0 Å². The van der Waals surface area contributed by atoms with Gasteiger partial charge in [-0.25, -0.2) is 4.99 Å². The van der Waals surface area contributed by atoms with Gasteiger partial charge < -0.3 is 14.7 Å². The largest absolute Gasteiger partial charge is 0.493 e. The predicted molar refractivity (Wildman–Crippen MR) is 78.5 cm³/mol.